The summed E-state index contributed by atoms with van der Waals surface area (Å²) in [5.74, 6) is 0. The lowest BCUT2D eigenvalue weighted by molar-refractivity contribution is 0.0899. The number of ether oxygens (including phenoxy) is 2. The van der Waals surface area contributed by atoms with E-state index in [0.29, 0.717) is 19.5 Å². The van der Waals surface area contributed by atoms with Gasteiger partial charge in [0.15, 0.2) is 6.73 Å². The van der Waals surface area contributed by atoms with Crippen molar-refractivity contribution in [1.29, 1.82) is 0 Å². The molecule has 0 amide bonds. The van der Waals surface area contributed by atoms with E-state index in [1.807, 2.05) is 12.3 Å². The predicted molar refractivity (Wildman–Crippen MR) is 146 cm³/mol. The second kappa shape index (κ2) is 12.5. The zero-order valence-electron chi connectivity index (χ0n) is 21.7. The van der Waals surface area contributed by atoms with Gasteiger partial charge in [0.05, 0.1) is 29.1 Å². The first kappa shape index (κ1) is 26.3. The van der Waals surface area contributed by atoms with Crippen LogP contribution in [0.2, 0.25) is 25.7 Å². The van der Waals surface area contributed by atoms with Crippen molar-refractivity contribution in [2.24, 2.45) is 4.99 Å². The summed E-state index contributed by atoms with van der Waals surface area (Å²) in [6.07, 6.45) is 15.3. The van der Waals surface area contributed by atoms with E-state index in [2.05, 4.69) is 50.6 Å². The summed E-state index contributed by atoms with van der Waals surface area (Å²) < 4.78 is 12.9. The second-order valence-electron chi connectivity index (χ2n) is 10.7. The summed E-state index contributed by atoms with van der Waals surface area (Å²) in [4.78, 5) is 12.6. The van der Waals surface area contributed by atoms with Gasteiger partial charge in [-0.05, 0) is 31.0 Å². The molecule has 0 bridgehead atoms. The minimum atomic E-state index is -1.07. The van der Waals surface area contributed by atoms with Crippen molar-refractivity contribution in [2.45, 2.75) is 77.2 Å². The van der Waals surface area contributed by atoms with Gasteiger partial charge in [0.25, 0.3) is 0 Å². The van der Waals surface area contributed by atoms with Gasteiger partial charge in [0.2, 0.25) is 0 Å². The third-order valence-corrected chi connectivity index (χ3v) is 8.27. The average molecular weight is 510 g/mol. The first-order valence-corrected chi connectivity index (χ1v) is 16.6. The zero-order chi connectivity index (χ0) is 25.4. The molecule has 4 heterocycles. The number of anilines is 1. The molecule has 3 aromatic heterocycles. The second-order valence-corrected chi connectivity index (χ2v) is 16.3. The monoisotopic (exact) mass is 509 g/mol. The molecule has 1 saturated carbocycles. The first-order chi connectivity index (χ1) is 17.4. The maximum atomic E-state index is 9.76. The van der Waals surface area contributed by atoms with Gasteiger partial charge < -0.3 is 24.5 Å². The quantitative estimate of drug-likeness (QED) is 0.352. The molecule has 194 valence electrons. The number of pyridine rings is 2. The van der Waals surface area contributed by atoms with Crippen molar-refractivity contribution in [3.05, 3.63) is 53.1 Å². The van der Waals surface area contributed by atoms with E-state index in [-0.39, 0.29) is 6.61 Å². The highest BCUT2D eigenvalue weighted by molar-refractivity contribution is 6.76. The Bertz CT molecular complexity index is 1210. The number of hydrogen-bond acceptors (Lipinski definition) is 7. The Balaban J connectivity index is 0.000000251. The molecule has 9 heteroatoms. The highest BCUT2D eigenvalue weighted by Gasteiger charge is 2.18. The Morgan fingerprint density at radius 3 is 2.75 bits per heavy atom. The Hall–Kier alpha value is -2.75. The molecule has 0 atom stereocenters. The van der Waals surface area contributed by atoms with Gasteiger partial charge in [-0.15, -0.1) is 0 Å². The SMILES string of the molecule is C1=c2cnccc2=NCO1.C[Si](C)(C)CCOCn1ccc2c(NC3CCCCC3)c(CO)cnc21. The lowest BCUT2D eigenvalue weighted by Gasteiger charge is -2.25. The maximum Gasteiger partial charge on any atom is 0.178 e. The number of hydrogen-bond donors (Lipinski definition) is 2. The first-order valence-electron chi connectivity index (χ1n) is 12.9. The standard InChI is InChI=1S/C20H33N3O2Si.C7H6N2O/c1-26(2,3)12-11-25-15-23-10-9-18-19(16(14-24)13-21-20(18)23)22-17-7-5-4-6-8-17;1-2-8-3-6-4-10-5-9-7(1)6/h9-10,13,17,24H,4-8,11-12,14-15H2,1-3H3,(H,21,22);1-4H,5H2. The summed E-state index contributed by atoms with van der Waals surface area (Å²) in [7, 11) is -1.07. The van der Waals surface area contributed by atoms with E-state index in [1.54, 1.807) is 24.9 Å². The van der Waals surface area contributed by atoms with Gasteiger partial charge in [0, 0.05) is 56.5 Å². The van der Waals surface area contributed by atoms with Gasteiger partial charge in [-0.3, -0.25) is 4.98 Å². The molecular formula is C27H39N5O3Si. The van der Waals surface area contributed by atoms with E-state index < -0.39 is 8.07 Å². The molecule has 0 spiro atoms. The molecule has 1 fully saturated rings. The van der Waals surface area contributed by atoms with Crippen LogP contribution < -0.4 is 15.9 Å². The van der Waals surface area contributed by atoms with E-state index in [4.69, 9.17) is 9.47 Å². The Morgan fingerprint density at radius 2 is 2.00 bits per heavy atom. The van der Waals surface area contributed by atoms with Crippen molar-refractivity contribution < 1.29 is 14.6 Å². The fourth-order valence-electron chi connectivity index (χ4n) is 4.43. The van der Waals surface area contributed by atoms with Crippen LogP contribution in [-0.2, 0) is 22.8 Å². The molecule has 5 rings (SSSR count). The highest BCUT2D eigenvalue weighted by Crippen LogP contribution is 2.30. The molecule has 0 saturated heterocycles. The smallest absolute Gasteiger partial charge is 0.178 e. The predicted octanol–water partition coefficient (Wildman–Crippen LogP) is 4.01. The normalized spacial score (nSPS) is 15.7. The minimum Gasteiger partial charge on any atom is -0.478 e. The van der Waals surface area contributed by atoms with Gasteiger partial charge in [-0.1, -0.05) is 38.9 Å². The van der Waals surface area contributed by atoms with Crippen molar-refractivity contribution >= 4 is 31.1 Å². The zero-order valence-corrected chi connectivity index (χ0v) is 22.7. The third-order valence-electron chi connectivity index (χ3n) is 6.57. The van der Waals surface area contributed by atoms with E-state index >= 15 is 0 Å². The largest absolute Gasteiger partial charge is 0.478 e. The molecule has 1 aliphatic heterocycles. The van der Waals surface area contributed by atoms with Crippen molar-refractivity contribution in [1.82, 2.24) is 14.5 Å². The molecule has 2 aliphatic rings. The van der Waals surface area contributed by atoms with Crippen LogP contribution in [0.25, 0.3) is 17.3 Å². The molecule has 0 unspecified atom stereocenters. The molecule has 2 N–H and O–H groups in total. The number of nitrogens with zero attached hydrogens (tertiary/aromatic N) is 4. The number of rotatable bonds is 8. The Morgan fingerprint density at radius 1 is 1.17 bits per heavy atom. The van der Waals surface area contributed by atoms with Crippen molar-refractivity contribution in [3.8, 4) is 0 Å². The minimum absolute atomic E-state index is 0.00981. The van der Waals surface area contributed by atoms with Gasteiger partial charge >= 0.3 is 0 Å². The Labute approximate surface area is 214 Å². The number of aliphatic hydroxyl groups is 1. The maximum absolute atomic E-state index is 9.76. The summed E-state index contributed by atoms with van der Waals surface area (Å²) in [5, 5.41) is 16.4. The van der Waals surface area contributed by atoms with Crippen LogP contribution in [0.1, 0.15) is 37.7 Å². The van der Waals surface area contributed by atoms with Crippen LogP contribution >= 0.6 is 0 Å². The number of nitrogens with one attached hydrogen (secondary N) is 1. The van der Waals surface area contributed by atoms with Gasteiger partial charge in [0.1, 0.15) is 12.4 Å². The molecule has 8 nitrogen and oxygen atoms in total. The molecule has 36 heavy (non-hydrogen) atoms. The van der Waals surface area contributed by atoms with Gasteiger partial charge in [-0.25, -0.2) is 9.98 Å². The molecule has 1 aliphatic carbocycles. The summed E-state index contributed by atoms with van der Waals surface area (Å²) in [5.41, 5.74) is 2.85. The van der Waals surface area contributed by atoms with Crippen LogP contribution in [-0.4, -0.2) is 47.1 Å². The summed E-state index contributed by atoms with van der Waals surface area (Å²) in [6, 6.07) is 5.63. The fourth-order valence-corrected chi connectivity index (χ4v) is 5.19. The average Bonchev–Trinajstić information content (AvgIpc) is 3.31. The molecular weight excluding hydrogens is 470 g/mol. The summed E-state index contributed by atoms with van der Waals surface area (Å²) in [6.45, 7) is 8.86. The lowest BCUT2D eigenvalue weighted by Crippen LogP contribution is -2.28. The van der Waals surface area contributed by atoms with E-state index in [0.717, 1.165) is 39.5 Å². The van der Waals surface area contributed by atoms with Crippen molar-refractivity contribution in [3.63, 3.8) is 0 Å². The lowest BCUT2D eigenvalue weighted by atomic mass is 9.95. The van der Waals surface area contributed by atoms with Crippen LogP contribution in [0.5, 0.6) is 0 Å². The molecule has 3 aromatic rings. The van der Waals surface area contributed by atoms with Crippen molar-refractivity contribution in [2.75, 3.05) is 18.7 Å². The molecule has 0 radical (unpaired) electrons. The topological polar surface area (TPSA) is 93.8 Å². The van der Waals surface area contributed by atoms with Crippen LogP contribution in [0, 0.1) is 0 Å². The van der Waals surface area contributed by atoms with Gasteiger partial charge in [-0.2, -0.15) is 0 Å². The number of fused-ring (bicyclic) bond motifs is 2. The van der Waals surface area contributed by atoms with Crippen LogP contribution in [0.3, 0.4) is 0 Å². The summed E-state index contributed by atoms with van der Waals surface area (Å²) >= 11 is 0. The fraction of sp³-hybridized carbons (Fsp3) is 0.519. The molecule has 0 aromatic carbocycles. The van der Waals surface area contributed by atoms with Crippen LogP contribution in [0.15, 0.2) is 41.9 Å². The highest BCUT2D eigenvalue weighted by atomic mass is 28.3. The number of aliphatic hydroxyl groups excluding tert-OH is 1. The Kier molecular flexibility index (Phi) is 9.12. The van der Waals surface area contributed by atoms with E-state index in [1.165, 1.54) is 38.1 Å². The third kappa shape index (κ3) is 7.15. The number of aromatic nitrogens is 3. The van der Waals surface area contributed by atoms with E-state index in [9.17, 15) is 5.11 Å². The van der Waals surface area contributed by atoms with Crippen LogP contribution in [0.4, 0.5) is 5.69 Å².